The lowest BCUT2D eigenvalue weighted by atomic mass is 10.1. The fourth-order valence-electron chi connectivity index (χ4n) is 1.70. The van der Waals surface area contributed by atoms with Crippen LogP contribution in [-0.2, 0) is 9.53 Å². The maximum atomic E-state index is 11.9. The minimum Gasteiger partial charge on any atom is -0.458 e. The van der Waals surface area contributed by atoms with Gasteiger partial charge in [-0.3, -0.25) is 0 Å². The van der Waals surface area contributed by atoms with Gasteiger partial charge in [-0.25, -0.2) is 14.8 Å². The van der Waals surface area contributed by atoms with Gasteiger partial charge < -0.3 is 15.2 Å². The monoisotopic (exact) mass is 271 g/mol. The summed E-state index contributed by atoms with van der Waals surface area (Å²) in [5.74, 6) is -0.192. The number of rotatable bonds is 1. The summed E-state index contributed by atoms with van der Waals surface area (Å²) < 4.78 is 5.21. The average Bonchev–Trinajstić information content (AvgIpc) is 2.55. The number of aromatic nitrogens is 2. The highest BCUT2D eigenvalue weighted by molar-refractivity contribution is 6.30. The molecule has 0 fully saturated rings. The Labute approximate surface area is 109 Å². The molecule has 0 bridgehead atoms. The van der Waals surface area contributed by atoms with E-state index in [1.807, 2.05) is 0 Å². The second-order valence-electron chi connectivity index (χ2n) is 5.03. The molecule has 2 atom stereocenters. The zero-order valence-electron chi connectivity index (χ0n) is 10.3. The number of aliphatic hydroxyl groups excluding tert-OH is 1. The first kappa shape index (κ1) is 13.0. The van der Waals surface area contributed by atoms with Crippen LogP contribution in [0.5, 0.6) is 0 Å². The lowest BCUT2D eigenvalue weighted by Gasteiger charge is -2.23. The molecule has 7 heteroatoms. The van der Waals surface area contributed by atoms with Crippen molar-refractivity contribution in [2.75, 3.05) is 5.32 Å². The van der Waals surface area contributed by atoms with Crippen LogP contribution >= 0.6 is 11.6 Å². The number of carbonyl (C=O) groups excluding carboxylic acids is 1. The van der Waals surface area contributed by atoms with Crippen LogP contribution in [0.15, 0.2) is 6.33 Å². The average molecular weight is 272 g/mol. The van der Waals surface area contributed by atoms with Gasteiger partial charge in [0.1, 0.15) is 29.0 Å². The van der Waals surface area contributed by atoms with Gasteiger partial charge in [-0.1, -0.05) is 11.6 Å². The van der Waals surface area contributed by atoms with Gasteiger partial charge in [-0.05, 0) is 20.8 Å². The molecule has 98 valence electrons. The molecule has 0 spiro atoms. The smallest absolute Gasteiger partial charge is 0.332 e. The van der Waals surface area contributed by atoms with Crippen LogP contribution < -0.4 is 5.32 Å². The Morgan fingerprint density at radius 1 is 1.50 bits per heavy atom. The van der Waals surface area contributed by atoms with Crippen LogP contribution in [0.3, 0.4) is 0 Å². The molecule has 2 N–H and O–H groups in total. The largest absolute Gasteiger partial charge is 0.458 e. The summed E-state index contributed by atoms with van der Waals surface area (Å²) in [6.07, 6.45) is 0.154. The van der Waals surface area contributed by atoms with Crippen molar-refractivity contribution < 1.29 is 14.6 Å². The van der Waals surface area contributed by atoms with Gasteiger partial charge in [-0.2, -0.15) is 0 Å². The number of ether oxygens (including phenoxy) is 1. The Bertz CT molecular complexity index is 487. The van der Waals surface area contributed by atoms with E-state index in [2.05, 4.69) is 15.3 Å². The molecule has 0 aliphatic carbocycles. The highest BCUT2D eigenvalue weighted by atomic mass is 35.5. The summed E-state index contributed by atoms with van der Waals surface area (Å²) in [4.78, 5) is 19.6. The van der Waals surface area contributed by atoms with Crippen LogP contribution in [-0.4, -0.2) is 32.7 Å². The minimum absolute atomic E-state index is 0.131. The molecular formula is C11H14ClN3O3. The maximum absolute atomic E-state index is 11.9. The topological polar surface area (TPSA) is 84.3 Å². The molecule has 0 aromatic carbocycles. The third-order valence-electron chi connectivity index (χ3n) is 2.40. The number of nitrogens with zero attached hydrogens (tertiary/aromatic N) is 2. The van der Waals surface area contributed by atoms with Gasteiger partial charge in [-0.15, -0.1) is 0 Å². The van der Waals surface area contributed by atoms with Crippen molar-refractivity contribution in [3.8, 4) is 0 Å². The van der Waals surface area contributed by atoms with Crippen molar-refractivity contribution in [1.29, 1.82) is 0 Å². The predicted octanol–water partition coefficient (Wildman–Crippen LogP) is 1.30. The van der Waals surface area contributed by atoms with Crippen LogP contribution in [0.4, 0.5) is 5.82 Å². The second kappa shape index (κ2) is 4.37. The van der Waals surface area contributed by atoms with Gasteiger partial charge in [0.15, 0.2) is 6.04 Å². The molecule has 0 radical (unpaired) electrons. The summed E-state index contributed by atoms with van der Waals surface area (Å²) in [6, 6.07) is -0.909. The summed E-state index contributed by atoms with van der Waals surface area (Å²) in [7, 11) is 0. The number of anilines is 1. The van der Waals surface area contributed by atoms with E-state index >= 15 is 0 Å². The highest BCUT2D eigenvalue weighted by Gasteiger charge is 2.41. The third-order valence-corrected chi connectivity index (χ3v) is 2.70. The van der Waals surface area contributed by atoms with E-state index in [0.717, 1.165) is 0 Å². The van der Waals surface area contributed by atoms with Crippen LogP contribution in [0.1, 0.15) is 32.4 Å². The number of hydrogen-bond acceptors (Lipinski definition) is 6. The molecule has 1 aromatic heterocycles. The zero-order valence-corrected chi connectivity index (χ0v) is 11.0. The van der Waals surface area contributed by atoms with E-state index in [4.69, 9.17) is 16.3 Å². The Balaban J connectivity index is 2.22. The number of esters is 1. The Hall–Kier alpha value is -1.40. The van der Waals surface area contributed by atoms with E-state index in [0.29, 0.717) is 11.4 Å². The number of hydrogen-bond donors (Lipinski definition) is 2. The summed E-state index contributed by atoms with van der Waals surface area (Å²) in [5.41, 5.74) is -0.294. The molecule has 2 heterocycles. The Kier molecular flexibility index (Phi) is 3.16. The van der Waals surface area contributed by atoms with Gasteiger partial charge in [0.2, 0.25) is 0 Å². The van der Waals surface area contributed by atoms with Crippen molar-refractivity contribution in [3.63, 3.8) is 0 Å². The van der Waals surface area contributed by atoms with Crippen molar-refractivity contribution in [2.24, 2.45) is 0 Å². The standard InChI is InChI=1S/C11H14ClN3O3/c1-11(2,3)18-10(17)6-7(16)5-8(12)13-4-14-9(5)15-6/h4,6-7,16H,1-3H3,(H,13,14,15)/t6-,7-/m0/s1. The first-order valence-corrected chi connectivity index (χ1v) is 5.85. The third kappa shape index (κ3) is 2.39. The number of carbonyl (C=O) groups is 1. The number of fused-ring (bicyclic) bond motifs is 1. The van der Waals surface area contributed by atoms with Crippen molar-refractivity contribution in [1.82, 2.24) is 9.97 Å². The van der Waals surface area contributed by atoms with E-state index in [9.17, 15) is 9.90 Å². The fraction of sp³-hybridized carbons (Fsp3) is 0.545. The molecule has 0 amide bonds. The first-order valence-electron chi connectivity index (χ1n) is 5.47. The summed E-state index contributed by atoms with van der Waals surface area (Å²) in [5, 5.41) is 13.0. The number of aliphatic hydroxyl groups is 1. The zero-order chi connectivity index (χ0) is 13.5. The van der Waals surface area contributed by atoms with Crippen molar-refractivity contribution in [2.45, 2.75) is 38.5 Å². The quantitative estimate of drug-likeness (QED) is 0.592. The van der Waals surface area contributed by atoms with Crippen LogP contribution in [0.25, 0.3) is 0 Å². The number of halogens is 1. The minimum atomic E-state index is -1.11. The van der Waals surface area contributed by atoms with Gasteiger partial charge in [0, 0.05) is 0 Å². The van der Waals surface area contributed by atoms with Crippen LogP contribution in [0, 0.1) is 0 Å². The van der Waals surface area contributed by atoms with Gasteiger partial charge >= 0.3 is 5.97 Å². The van der Waals surface area contributed by atoms with E-state index in [1.165, 1.54) is 6.33 Å². The lowest BCUT2D eigenvalue weighted by molar-refractivity contribution is -0.158. The molecule has 1 aromatic rings. The fourth-order valence-corrected chi connectivity index (χ4v) is 1.94. The molecule has 0 unspecified atom stereocenters. The normalized spacial score (nSPS) is 22.3. The van der Waals surface area contributed by atoms with E-state index < -0.39 is 23.7 Å². The van der Waals surface area contributed by atoms with Crippen LogP contribution in [0.2, 0.25) is 5.15 Å². The van der Waals surface area contributed by atoms with Crippen molar-refractivity contribution >= 4 is 23.4 Å². The van der Waals surface area contributed by atoms with Crippen molar-refractivity contribution in [3.05, 3.63) is 17.0 Å². The van der Waals surface area contributed by atoms with E-state index in [-0.39, 0.29) is 5.15 Å². The number of nitrogens with one attached hydrogen (secondary N) is 1. The summed E-state index contributed by atoms with van der Waals surface area (Å²) >= 11 is 5.86. The van der Waals surface area contributed by atoms with Gasteiger partial charge in [0.05, 0.1) is 5.56 Å². The Morgan fingerprint density at radius 2 is 2.17 bits per heavy atom. The SMILES string of the molecule is CC(C)(C)OC(=O)[C@H]1Nc2ncnc(Cl)c2[C@@H]1O. The Morgan fingerprint density at radius 3 is 2.72 bits per heavy atom. The first-order chi connectivity index (χ1) is 8.29. The van der Waals surface area contributed by atoms with Gasteiger partial charge in [0.25, 0.3) is 0 Å². The maximum Gasteiger partial charge on any atom is 0.332 e. The second-order valence-corrected chi connectivity index (χ2v) is 5.39. The molecule has 0 saturated carbocycles. The van der Waals surface area contributed by atoms with E-state index in [1.54, 1.807) is 20.8 Å². The molecule has 18 heavy (non-hydrogen) atoms. The molecule has 0 saturated heterocycles. The lowest BCUT2D eigenvalue weighted by Crippen LogP contribution is -2.37. The molecule has 2 rings (SSSR count). The molecule has 1 aliphatic rings. The molecule has 6 nitrogen and oxygen atoms in total. The molecular weight excluding hydrogens is 258 g/mol. The molecule has 1 aliphatic heterocycles. The predicted molar refractivity (Wildman–Crippen MR) is 65.3 cm³/mol. The highest BCUT2D eigenvalue weighted by Crippen LogP contribution is 2.37. The summed E-state index contributed by atoms with van der Waals surface area (Å²) in [6.45, 7) is 5.27.